The fourth-order valence-electron chi connectivity index (χ4n) is 0. The van der Waals surface area contributed by atoms with Crippen molar-refractivity contribution >= 4 is 0 Å². The van der Waals surface area contributed by atoms with E-state index in [-0.39, 0.29) is 39.3 Å². The molecule has 2 nitrogen and oxygen atoms in total. The molecule has 0 saturated carbocycles. The van der Waals surface area contributed by atoms with Gasteiger partial charge in [-0.15, -0.1) is 0 Å². The monoisotopic (exact) mass is 206 g/mol. The molecule has 0 unspecified atom stereocenters. The summed E-state index contributed by atoms with van der Waals surface area (Å²) >= 11 is 2.62. The van der Waals surface area contributed by atoms with Gasteiger partial charge in [0.25, 0.3) is 0 Å². The molecule has 0 aliphatic rings. The van der Waals surface area contributed by atoms with Crippen LogP contribution in [0.15, 0.2) is 0 Å². The minimum absolute atomic E-state index is 0. The SMILES string of the molecule is O.[Co].[Mn].[O]=[Ni]. The van der Waals surface area contributed by atoms with Crippen molar-refractivity contribution in [3.05, 3.63) is 0 Å². The summed E-state index contributed by atoms with van der Waals surface area (Å²) in [5.74, 6) is 0. The number of hydrogen-bond donors (Lipinski definition) is 0. The van der Waals surface area contributed by atoms with Crippen molar-refractivity contribution in [2.45, 2.75) is 0 Å². The molecule has 0 aromatic heterocycles. The molecule has 0 aliphatic heterocycles. The zero-order valence-electron chi connectivity index (χ0n) is 1.94. The number of rotatable bonds is 0. The molecule has 2 radical (unpaired) electrons. The Kier molecular flexibility index (Phi) is 398. The molecule has 40 valence electrons. The molecule has 0 aromatic rings. The van der Waals surface area contributed by atoms with Crippen LogP contribution in [0.3, 0.4) is 0 Å². The first-order valence-corrected chi connectivity index (χ1v) is 0.532. The van der Waals surface area contributed by atoms with Gasteiger partial charge in [0.15, 0.2) is 0 Å². The summed E-state index contributed by atoms with van der Waals surface area (Å²) in [7, 11) is 0. The Hall–Kier alpha value is 1.28. The number of hydrogen-bond acceptors (Lipinski definition) is 1. The van der Waals surface area contributed by atoms with Gasteiger partial charge in [-0.25, -0.2) is 0 Å². The maximum absolute atomic E-state index is 7.88. The third-order valence-corrected chi connectivity index (χ3v) is 0. The second-order valence-electron chi connectivity index (χ2n) is 0. The summed E-state index contributed by atoms with van der Waals surface area (Å²) in [4.78, 5) is 0. The molecule has 0 amide bonds. The second kappa shape index (κ2) is 59.1. The predicted octanol–water partition coefficient (Wildman–Crippen LogP) is -0.951. The molecule has 0 fully saturated rings. The van der Waals surface area contributed by atoms with Gasteiger partial charge in [-0.3, -0.25) is 0 Å². The first-order valence-electron chi connectivity index (χ1n) is 0.129. The summed E-state index contributed by atoms with van der Waals surface area (Å²) in [6.45, 7) is 0. The molecule has 2 N–H and O–H groups in total. The van der Waals surface area contributed by atoms with E-state index in [9.17, 15) is 0 Å². The van der Waals surface area contributed by atoms with E-state index in [4.69, 9.17) is 3.90 Å². The summed E-state index contributed by atoms with van der Waals surface area (Å²) < 4.78 is 7.88. The molecule has 0 aliphatic carbocycles. The summed E-state index contributed by atoms with van der Waals surface area (Å²) in [6.07, 6.45) is 0. The molecule has 0 atom stereocenters. The van der Waals surface area contributed by atoms with Crippen molar-refractivity contribution in [1.82, 2.24) is 0 Å². The molecule has 0 rings (SSSR count). The van der Waals surface area contributed by atoms with Crippen LogP contribution in [0.25, 0.3) is 0 Å². The fraction of sp³-hybridized carbons (Fsp3) is 0. The average Bonchev–Trinajstić information content (AvgIpc) is 1.00. The molecule has 0 heterocycles. The van der Waals surface area contributed by atoms with Crippen LogP contribution in [-0.2, 0) is 53.1 Å². The Bertz CT molecular complexity index is 9.61. The van der Waals surface area contributed by atoms with Gasteiger partial charge < -0.3 is 5.48 Å². The van der Waals surface area contributed by atoms with Gasteiger partial charge in [0.2, 0.25) is 0 Å². The Morgan fingerprint density at radius 3 is 1.20 bits per heavy atom. The van der Waals surface area contributed by atoms with Crippen molar-refractivity contribution in [3.63, 3.8) is 0 Å². The third kappa shape index (κ3) is 34.7. The van der Waals surface area contributed by atoms with Crippen LogP contribution in [0.2, 0.25) is 0 Å². The van der Waals surface area contributed by atoms with Crippen molar-refractivity contribution in [1.29, 1.82) is 0 Å². The molecule has 0 saturated heterocycles. The zero-order valence-corrected chi connectivity index (χ0v) is 5.14. The van der Waals surface area contributed by atoms with Crippen LogP contribution < -0.4 is 0 Å². The van der Waals surface area contributed by atoms with Crippen LogP contribution in [0.5, 0.6) is 0 Å². The fourth-order valence-corrected chi connectivity index (χ4v) is 0. The molecule has 5 heavy (non-hydrogen) atoms. The van der Waals surface area contributed by atoms with E-state index in [2.05, 4.69) is 15.4 Å². The van der Waals surface area contributed by atoms with E-state index in [1.54, 1.807) is 0 Å². The summed E-state index contributed by atoms with van der Waals surface area (Å²) in [5.41, 5.74) is 0. The van der Waals surface area contributed by atoms with E-state index in [1.807, 2.05) is 0 Å². The average molecular weight is 207 g/mol. The normalized spacial score (nSPS) is 1.20. The van der Waals surface area contributed by atoms with Crippen LogP contribution in [0.1, 0.15) is 0 Å². The Labute approximate surface area is 58.6 Å². The Balaban J connectivity index is -0.00000000167. The molecule has 0 spiro atoms. The first kappa shape index (κ1) is 33.7. The van der Waals surface area contributed by atoms with E-state index in [1.165, 1.54) is 0 Å². The van der Waals surface area contributed by atoms with E-state index < -0.39 is 0 Å². The predicted molar refractivity (Wildman–Crippen MR) is 4.30 cm³/mol. The van der Waals surface area contributed by atoms with Crippen LogP contribution >= 0.6 is 0 Å². The van der Waals surface area contributed by atoms with Gasteiger partial charge in [0.05, 0.1) is 0 Å². The quantitative estimate of drug-likeness (QED) is 0.472. The van der Waals surface area contributed by atoms with Gasteiger partial charge >= 0.3 is 19.3 Å². The maximum atomic E-state index is 7.88. The van der Waals surface area contributed by atoms with Crippen LogP contribution in [0.4, 0.5) is 0 Å². The molecular weight excluding hydrogens is 205 g/mol. The Morgan fingerprint density at radius 2 is 1.20 bits per heavy atom. The molecule has 0 aromatic carbocycles. The van der Waals surface area contributed by atoms with E-state index >= 15 is 0 Å². The summed E-state index contributed by atoms with van der Waals surface area (Å²) in [5, 5.41) is 0. The molecular formula is H2CoMnNiO2. The summed E-state index contributed by atoms with van der Waals surface area (Å²) in [6, 6.07) is 0. The van der Waals surface area contributed by atoms with Gasteiger partial charge in [-0.1, -0.05) is 0 Å². The van der Waals surface area contributed by atoms with Crippen LogP contribution in [-0.4, -0.2) is 5.48 Å². The van der Waals surface area contributed by atoms with Crippen molar-refractivity contribution in [2.24, 2.45) is 0 Å². The third-order valence-electron chi connectivity index (χ3n) is 0. The van der Waals surface area contributed by atoms with Crippen molar-refractivity contribution in [3.8, 4) is 0 Å². The van der Waals surface area contributed by atoms with Crippen LogP contribution in [0, 0.1) is 0 Å². The van der Waals surface area contributed by atoms with Gasteiger partial charge in [-0.2, -0.15) is 0 Å². The minimum atomic E-state index is 0. The van der Waals surface area contributed by atoms with Gasteiger partial charge in [0.1, 0.15) is 0 Å². The van der Waals surface area contributed by atoms with E-state index in [0.29, 0.717) is 0 Å². The standard InChI is InChI=1S/Co.Mn.Ni.H2O.O/h;;;1H2;. The molecule has 0 bridgehead atoms. The van der Waals surface area contributed by atoms with Gasteiger partial charge in [0, 0.05) is 33.8 Å². The van der Waals surface area contributed by atoms with E-state index in [0.717, 1.165) is 0 Å². The van der Waals surface area contributed by atoms with Crippen molar-refractivity contribution in [2.75, 3.05) is 0 Å². The zero-order chi connectivity index (χ0) is 2.00. The van der Waals surface area contributed by atoms with Crippen molar-refractivity contribution < 1.29 is 58.6 Å². The first-order chi connectivity index (χ1) is 1.00. The topological polar surface area (TPSA) is 48.6 Å². The second-order valence-corrected chi connectivity index (χ2v) is 0. The molecule has 5 heteroatoms. The Morgan fingerprint density at radius 1 is 1.20 bits per heavy atom. The van der Waals surface area contributed by atoms with Gasteiger partial charge in [-0.05, 0) is 0 Å².